The Morgan fingerprint density at radius 3 is 1.93 bits per heavy atom. The van der Waals surface area contributed by atoms with Gasteiger partial charge < -0.3 is 0 Å². The average Bonchev–Trinajstić information content (AvgIpc) is 2.15. The molecular weight excluding hydrogens is 174 g/mol. The summed E-state index contributed by atoms with van der Waals surface area (Å²) < 4.78 is 0. The van der Waals surface area contributed by atoms with Gasteiger partial charge in [0, 0.05) is 13.5 Å². The number of hydrogen-bond acceptors (Lipinski definition) is 1. The summed E-state index contributed by atoms with van der Waals surface area (Å²) in [5.74, 6) is -0.0343. The molecule has 0 bridgehead atoms. The van der Waals surface area contributed by atoms with Crippen molar-refractivity contribution >= 4 is 5.91 Å². The molecule has 0 saturated heterocycles. The van der Waals surface area contributed by atoms with Crippen molar-refractivity contribution in [3.63, 3.8) is 0 Å². The Morgan fingerprint density at radius 2 is 1.43 bits per heavy atom. The first-order valence-corrected chi connectivity index (χ1v) is 5.95. The summed E-state index contributed by atoms with van der Waals surface area (Å²) in [5.41, 5.74) is 0. The second-order valence-corrected chi connectivity index (χ2v) is 3.88. The molecule has 0 spiro atoms. The average molecular weight is 198 g/mol. The van der Waals surface area contributed by atoms with Crippen LogP contribution in [0, 0.1) is 0 Å². The van der Waals surface area contributed by atoms with Crippen LogP contribution in [0.15, 0.2) is 0 Å². The largest absolute Gasteiger partial charge is 0.273 e. The predicted octanol–water partition coefficient (Wildman–Crippen LogP) is 3.28. The van der Waals surface area contributed by atoms with E-state index in [1.54, 1.807) is 0 Å². The zero-order chi connectivity index (χ0) is 10.6. The van der Waals surface area contributed by atoms with Crippen LogP contribution >= 0.6 is 0 Å². The van der Waals surface area contributed by atoms with E-state index in [0.717, 1.165) is 13.0 Å². The van der Waals surface area contributed by atoms with Crippen molar-refractivity contribution in [3.8, 4) is 0 Å². The van der Waals surface area contributed by atoms with Crippen molar-refractivity contribution in [1.29, 1.82) is 0 Å². The highest BCUT2D eigenvalue weighted by molar-refractivity contribution is 5.72. The Kier molecular flexibility index (Phi) is 10.2. The van der Waals surface area contributed by atoms with Crippen LogP contribution in [-0.4, -0.2) is 12.5 Å². The Morgan fingerprint density at radius 1 is 0.929 bits per heavy atom. The quantitative estimate of drug-likeness (QED) is 0.523. The maximum absolute atomic E-state index is 10.5. The fourth-order valence-corrected chi connectivity index (χ4v) is 1.48. The molecule has 0 N–H and O–H groups in total. The molecule has 0 heterocycles. The number of carbonyl (C=O) groups excluding carboxylic acids is 1. The van der Waals surface area contributed by atoms with Gasteiger partial charge in [-0.05, 0) is 6.42 Å². The molecule has 0 unspecified atom stereocenters. The molecule has 0 aliphatic rings. The lowest BCUT2D eigenvalue weighted by atomic mass is 10.1. The van der Waals surface area contributed by atoms with Crippen molar-refractivity contribution in [2.24, 2.45) is 0 Å². The van der Waals surface area contributed by atoms with Crippen LogP contribution in [-0.2, 0) is 4.79 Å². The first kappa shape index (κ1) is 13.5. The molecule has 0 rings (SSSR count). The van der Waals surface area contributed by atoms with Crippen molar-refractivity contribution in [2.45, 2.75) is 65.2 Å². The van der Waals surface area contributed by atoms with Gasteiger partial charge in [0.25, 0.3) is 0 Å². The molecule has 2 heteroatoms. The van der Waals surface area contributed by atoms with E-state index in [-0.39, 0.29) is 5.91 Å². The maximum atomic E-state index is 10.5. The topological polar surface area (TPSA) is 31.2 Å². The SMILES string of the molecule is CCCCCCCCCC[N]C(C)=O. The van der Waals surface area contributed by atoms with E-state index >= 15 is 0 Å². The molecule has 83 valence electrons. The lowest BCUT2D eigenvalue weighted by Gasteiger charge is -2.00. The number of nitrogens with zero attached hydrogens (tertiary/aromatic N) is 1. The van der Waals surface area contributed by atoms with Crippen LogP contribution in [0.1, 0.15) is 65.2 Å². The molecule has 0 aliphatic carbocycles. The lowest BCUT2D eigenvalue weighted by Crippen LogP contribution is -2.12. The summed E-state index contributed by atoms with van der Waals surface area (Å²) in [6, 6.07) is 0. The van der Waals surface area contributed by atoms with Gasteiger partial charge in [-0.3, -0.25) is 10.1 Å². The normalized spacial score (nSPS) is 10.1. The van der Waals surface area contributed by atoms with Gasteiger partial charge in [0.2, 0.25) is 5.91 Å². The van der Waals surface area contributed by atoms with Gasteiger partial charge >= 0.3 is 0 Å². The predicted molar refractivity (Wildman–Crippen MR) is 60.3 cm³/mol. The molecule has 0 saturated carbocycles. The Balaban J connectivity index is 2.88. The highest BCUT2D eigenvalue weighted by atomic mass is 16.1. The van der Waals surface area contributed by atoms with Gasteiger partial charge in [-0.25, -0.2) is 0 Å². The van der Waals surface area contributed by atoms with Gasteiger partial charge in [-0.2, -0.15) is 0 Å². The molecule has 1 radical (unpaired) electrons. The first-order valence-electron chi connectivity index (χ1n) is 5.95. The minimum Gasteiger partial charge on any atom is -0.273 e. The van der Waals surface area contributed by atoms with E-state index in [9.17, 15) is 4.79 Å². The highest BCUT2D eigenvalue weighted by Gasteiger charge is 1.94. The number of hydrogen-bond donors (Lipinski definition) is 0. The monoisotopic (exact) mass is 198 g/mol. The van der Waals surface area contributed by atoms with Crippen LogP contribution in [0.3, 0.4) is 0 Å². The zero-order valence-electron chi connectivity index (χ0n) is 9.72. The fourth-order valence-electron chi connectivity index (χ4n) is 1.48. The van der Waals surface area contributed by atoms with Gasteiger partial charge in [-0.1, -0.05) is 51.9 Å². The Bertz CT molecular complexity index is 134. The van der Waals surface area contributed by atoms with E-state index in [1.807, 2.05) is 0 Å². The molecule has 0 atom stereocenters. The second kappa shape index (κ2) is 10.6. The van der Waals surface area contributed by atoms with Gasteiger partial charge in [0.1, 0.15) is 0 Å². The van der Waals surface area contributed by atoms with Crippen molar-refractivity contribution in [1.82, 2.24) is 5.32 Å². The molecule has 14 heavy (non-hydrogen) atoms. The molecule has 0 fully saturated rings. The van der Waals surface area contributed by atoms with Gasteiger partial charge in [0.15, 0.2) is 0 Å². The van der Waals surface area contributed by atoms with Crippen LogP contribution in [0.5, 0.6) is 0 Å². The molecule has 2 nitrogen and oxygen atoms in total. The van der Waals surface area contributed by atoms with Gasteiger partial charge in [-0.15, -0.1) is 0 Å². The third kappa shape index (κ3) is 11.5. The number of carbonyl (C=O) groups is 1. The minimum atomic E-state index is -0.0343. The Labute approximate surface area is 88.5 Å². The third-order valence-corrected chi connectivity index (χ3v) is 2.35. The standard InChI is InChI=1S/C12H24NO/c1-3-4-5-6-7-8-9-10-11-13-12(2)14/h3-11H2,1-2H3. The van der Waals surface area contributed by atoms with Crippen LogP contribution < -0.4 is 5.32 Å². The van der Waals surface area contributed by atoms with Crippen molar-refractivity contribution < 1.29 is 4.79 Å². The molecular formula is C12H24NO. The number of unbranched alkanes of at least 4 members (excludes halogenated alkanes) is 7. The molecule has 0 aromatic carbocycles. The summed E-state index contributed by atoms with van der Waals surface area (Å²) in [4.78, 5) is 10.5. The molecule has 0 aliphatic heterocycles. The molecule has 0 aromatic rings. The van der Waals surface area contributed by atoms with E-state index < -0.39 is 0 Å². The van der Waals surface area contributed by atoms with E-state index in [1.165, 1.54) is 51.9 Å². The van der Waals surface area contributed by atoms with Crippen LogP contribution in [0.25, 0.3) is 0 Å². The Hall–Kier alpha value is -0.530. The summed E-state index contributed by atoms with van der Waals surface area (Å²) in [7, 11) is 0. The lowest BCUT2D eigenvalue weighted by molar-refractivity contribution is -0.119. The minimum absolute atomic E-state index is 0.0343. The second-order valence-electron chi connectivity index (χ2n) is 3.88. The third-order valence-electron chi connectivity index (χ3n) is 2.35. The highest BCUT2D eigenvalue weighted by Crippen LogP contribution is 2.07. The number of rotatable bonds is 9. The molecule has 0 aromatic heterocycles. The van der Waals surface area contributed by atoms with E-state index in [0.29, 0.717) is 0 Å². The van der Waals surface area contributed by atoms with Crippen molar-refractivity contribution in [3.05, 3.63) is 0 Å². The van der Waals surface area contributed by atoms with Crippen LogP contribution in [0.4, 0.5) is 0 Å². The summed E-state index contributed by atoms with van der Waals surface area (Å²) >= 11 is 0. The summed E-state index contributed by atoms with van der Waals surface area (Å²) in [6.07, 6.45) is 10.4. The van der Waals surface area contributed by atoms with Gasteiger partial charge in [0.05, 0.1) is 0 Å². The zero-order valence-corrected chi connectivity index (χ0v) is 9.72. The smallest absolute Gasteiger partial charge is 0.238 e. The summed E-state index contributed by atoms with van der Waals surface area (Å²) in [6.45, 7) is 4.48. The van der Waals surface area contributed by atoms with E-state index in [2.05, 4.69) is 12.2 Å². The summed E-state index contributed by atoms with van der Waals surface area (Å²) in [5, 5.41) is 3.83. The maximum Gasteiger partial charge on any atom is 0.238 e. The van der Waals surface area contributed by atoms with E-state index in [4.69, 9.17) is 0 Å². The fraction of sp³-hybridized carbons (Fsp3) is 0.917. The van der Waals surface area contributed by atoms with Crippen molar-refractivity contribution in [2.75, 3.05) is 6.54 Å². The molecule has 1 amide bonds. The first-order chi connectivity index (χ1) is 6.77. The van der Waals surface area contributed by atoms with Crippen LogP contribution in [0.2, 0.25) is 0 Å². The number of amides is 1.